The molecule has 0 atom stereocenters. The molecule has 100 valence electrons. The number of rotatable bonds is 5. The van der Waals surface area contributed by atoms with Gasteiger partial charge < -0.3 is 10.4 Å². The predicted molar refractivity (Wildman–Crippen MR) is 65.9 cm³/mol. The fourth-order valence-electron chi connectivity index (χ4n) is 1.31. The highest BCUT2D eigenvalue weighted by atomic mass is 19.2. The van der Waals surface area contributed by atoms with E-state index in [2.05, 4.69) is 5.32 Å². The van der Waals surface area contributed by atoms with E-state index >= 15 is 0 Å². The highest BCUT2D eigenvalue weighted by molar-refractivity contribution is 5.88. The van der Waals surface area contributed by atoms with E-state index in [0.29, 0.717) is 6.54 Å². The molecular weight excluding hydrogens is 240 g/mol. The third-order valence-electron chi connectivity index (χ3n) is 3.03. The Morgan fingerprint density at radius 2 is 1.94 bits per heavy atom. The Morgan fingerprint density at radius 3 is 2.44 bits per heavy atom. The third kappa shape index (κ3) is 3.18. The van der Waals surface area contributed by atoms with E-state index in [4.69, 9.17) is 5.11 Å². The summed E-state index contributed by atoms with van der Waals surface area (Å²) in [5, 5.41) is 11.5. The summed E-state index contributed by atoms with van der Waals surface area (Å²) in [6.45, 7) is 6.48. The number of aromatic carboxylic acids is 1. The molecule has 0 amide bonds. The second-order valence-electron chi connectivity index (χ2n) is 4.97. The summed E-state index contributed by atoms with van der Waals surface area (Å²) in [5.41, 5.74) is -0.721. The molecule has 0 fully saturated rings. The minimum absolute atomic E-state index is 0.0148. The van der Waals surface area contributed by atoms with Gasteiger partial charge in [0.2, 0.25) is 0 Å². The molecule has 0 saturated heterocycles. The van der Waals surface area contributed by atoms with Crippen molar-refractivity contribution in [2.24, 2.45) is 5.41 Å². The van der Waals surface area contributed by atoms with Crippen LogP contribution in [0.25, 0.3) is 0 Å². The van der Waals surface area contributed by atoms with Crippen LogP contribution < -0.4 is 5.32 Å². The molecule has 1 aromatic rings. The first-order valence-electron chi connectivity index (χ1n) is 5.73. The topological polar surface area (TPSA) is 49.3 Å². The maximum absolute atomic E-state index is 13.6. The van der Waals surface area contributed by atoms with Gasteiger partial charge in [-0.1, -0.05) is 20.8 Å². The van der Waals surface area contributed by atoms with Crippen molar-refractivity contribution in [3.63, 3.8) is 0 Å². The summed E-state index contributed by atoms with van der Waals surface area (Å²) in [6.07, 6.45) is 0.886. The molecular formula is C13H17F2NO2. The lowest BCUT2D eigenvalue weighted by atomic mass is 9.90. The van der Waals surface area contributed by atoms with Gasteiger partial charge in [-0.05, 0) is 24.0 Å². The number of carboxylic acids is 1. The van der Waals surface area contributed by atoms with Crippen LogP contribution in [0.15, 0.2) is 12.1 Å². The average Bonchev–Trinajstić information content (AvgIpc) is 2.30. The van der Waals surface area contributed by atoms with Gasteiger partial charge in [0.05, 0.1) is 11.3 Å². The molecule has 3 nitrogen and oxygen atoms in total. The Kier molecular flexibility index (Phi) is 4.27. The molecule has 5 heteroatoms. The minimum atomic E-state index is -1.48. The molecule has 0 bridgehead atoms. The minimum Gasteiger partial charge on any atom is -0.478 e. The lowest BCUT2D eigenvalue weighted by Crippen LogP contribution is -2.22. The quantitative estimate of drug-likeness (QED) is 0.848. The van der Waals surface area contributed by atoms with Gasteiger partial charge in [-0.15, -0.1) is 0 Å². The summed E-state index contributed by atoms with van der Waals surface area (Å²) in [7, 11) is 0. The Labute approximate surface area is 105 Å². The molecule has 1 aromatic carbocycles. The lowest BCUT2D eigenvalue weighted by Gasteiger charge is -2.23. The van der Waals surface area contributed by atoms with E-state index in [1.54, 1.807) is 0 Å². The van der Waals surface area contributed by atoms with Crippen LogP contribution in [0.4, 0.5) is 14.5 Å². The van der Waals surface area contributed by atoms with Crippen LogP contribution in [0.5, 0.6) is 0 Å². The Balaban J connectivity index is 2.93. The lowest BCUT2D eigenvalue weighted by molar-refractivity contribution is 0.0690. The first-order chi connectivity index (χ1) is 8.28. The van der Waals surface area contributed by atoms with Gasteiger partial charge >= 0.3 is 5.97 Å². The van der Waals surface area contributed by atoms with Crippen LogP contribution >= 0.6 is 0 Å². The highest BCUT2D eigenvalue weighted by Crippen LogP contribution is 2.24. The molecule has 0 saturated carbocycles. The number of carbonyl (C=O) groups is 1. The monoisotopic (exact) mass is 257 g/mol. The van der Waals surface area contributed by atoms with Crippen LogP contribution in [0.2, 0.25) is 0 Å². The normalized spacial score (nSPS) is 11.4. The Hall–Kier alpha value is -1.65. The summed E-state index contributed by atoms with van der Waals surface area (Å²) >= 11 is 0. The average molecular weight is 257 g/mol. The van der Waals surface area contributed by atoms with E-state index in [-0.39, 0.29) is 11.1 Å². The van der Waals surface area contributed by atoms with Crippen molar-refractivity contribution in [2.45, 2.75) is 27.2 Å². The van der Waals surface area contributed by atoms with Crippen molar-refractivity contribution in [1.82, 2.24) is 0 Å². The predicted octanol–water partition coefficient (Wildman–Crippen LogP) is 3.51. The zero-order valence-electron chi connectivity index (χ0n) is 10.7. The Bertz CT molecular complexity index is 459. The maximum atomic E-state index is 13.6. The van der Waals surface area contributed by atoms with Crippen LogP contribution in [0, 0.1) is 17.0 Å². The molecule has 2 N–H and O–H groups in total. The molecule has 0 aliphatic rings. The molecule has 0 heterocycles. The maximum Gasteiger partial charge on any atom is 0.338 e. The highest BCUT2D eigenvalue weighted by Gasteiger charge is 2.20. The molecule has 18 heavy (non-hydrogen) atoms. The number of anilines is 1. The van der Waals surface area contributed by atoms with Crippen LogP contribution in [0.3, 0.4) is 0 Å². The SMILES string of the molecule is CCC(C)(C)CNc1ccc(C(=O)O)c(F)c1F. The van der Waals surface area contributed by atoms with E-state index in [1.165, 1.54) is 6.07 Å². The second-order valence-corrected chi connectivity index (χ2v) is 4.97. The number of hydrogen-bond donors (Lipinski definition) is 2. The van der Waals surface area contributed by atoms with Gasteiger partial charge in [0.25, 0.3) is 0 Å². The fourth-order valence-corrected chi connectivity index (χ4v) is 1.31. The summed E-state index contributed by atoms with van der Waals surface area (Å²) in [4.78, 5) is 10.6. The molecule has 0 aliphatic heterocycles. The first-order valence-corrected chi connectivity index (χ1v) is 5.73. The van der Waals surface area contributed by atoms with Crippen molar-refractivity contribution in [2.75, 3.05) is 11.9 Å². The van der Waals surface area contributed by atoms with Gasteiger partial charge in [0.1, 0.15) is 0 Å². The van der Waals surface area contributed by atoms with Gasteiger partial charge in [-0.3, -0.25) is 0 Å². The standard InChI is InChI=1S/C13H17F2NO2/c1-4-13(2,3)7-16-9-6-5-8(12(17)18)10(14)11(9)15/h5-6,16H,4,7H2,1-3H3,(H,17,18). The van der Waals surface area contributed by atoms with Crippen molar-refractivity contribution in [3.8, 4) is 0 Å². The number of halogens is 2. The summed E-state index contributed by atoms with van der Waals surface area (Å²) < 4.78 is 27.0. The van der Waals surface area contributed by atoms with Gasteiger partial charge in [-0.25, -0.2) is 13.6 Å². The van der Waals surface area contributed by atoms with E-state index < -0.39 is 23.2 Å². The Morgan fingerprint density at radius 1 is 1.33 bits per heavy atom. The van der Waals surface area contributed by atoms with E-state index in [0.717, 1.165) is 12.5 Å². The zero-order chi connectivity index (χ0) is 13.9. The fraction of sp³-hybridized carbons (Fsp3) is 0.462. The van der Waals surface area contributed by atoms with Crippen LogP contribution in [-0.2, 0) is 0 Å². The first kappa shape index (κ1) is 14.4. The van der Waals surface area contributed by atoms with Gasteiger partial charge in [-0.2, -0.15) is 0 Å². The molecule has 0 radical (unpaired) electrons. The van der Waals surface area contributed by atoms with Crippen molar-refractivity contribution in [3.05, 3.63) is 29.3 Å². The largest absolute Gasteiger partial charge is 0.478 e. The third-order valence-corrected chi connectivity index (χ3v) is 3.03. The zero-order valence-corrected chi connectivity index (χ0v) is 10.7. The van der Waals surface area contributed by atoms with Crippen molar-refractivity contribution >= 4 is 11.7 Å². The number of hydrogen-bond acceptors (Lipinski definition) is 2. The summed E-state index contributed by atoms with van der Waals surface area (Å²) in [6, 6.07) is 2.30. The second kappa shape index (κ2) is 5.33. The number of carboxylic acid groups (broad SMARTS) is 1. The summed E-state index contributed by atoms with van der Waals surface area (Å²) in [5.74, 6) is -3.96. The molecule has 0 unspecified atom stereocenters. The number of benzene rings is 1. The smallest absolute Gasteiger partial charge is 0.338 e. The van der Waals surface area contributed by atoms with E-state index in [9.17, 15) is 13.6 Å². The van der Waals surface area contributed by atoms with Gasteiger partial charge in [0.15, 0.2) is 11.6 Å². The molecule has 0 aromatic heterocycles. The molecule has 1 rings (SSSR count). The van der Waals surface area contributed by atoms with Crippen LogP contribution in [-0.4, -0.2) is 17.6 Å². The van der Waals surface area contributed by atoms with E-state index in [1.807, 2.05) is 20.8 Å². The van der Waals surface area contributed by atoms with Gasteiger partial charge in [0, 0.05) is 6.54 Å². The molecule has 0 aliphatic carbocycles. The van der Waals surface area contributed by atoms with Crippen molar-refractivity contribution in [1.29, 1.82) is 0 Å². The number of nitrogens with one attached hydrogen (secondary N) is 1. The van der Waals surface area contributed by atoms with Crippen molar-refractivity contribution < 1.29 is 18.7 Å². The molecule has 0 spiro atoms. The van der Waals surface area contributed by atoms with Crippen LogP contribution in [0.1, 0.15) is 37.6 Å².